The van der Waals surface area contributed by atoms with E-state index in [1.807, 2.05) is 24.5 Å². The summed E-state index contributed by atoms with van der Waals surface area (Å²) in [6, 6.07) is 8.25. The molecule has 0 fully saturated rings. The Kier molecular flexibility index (Phi) is 1.81. The monoisotopic (exact) mass is 198 g/mol. The third-order valence-electron chi connectivity index (χ3n) is 2.49. The topological polar surface area (TPSA) is 24.8 Å². The molecule has 0 spiro atoms. The van der Waals surface area contributed by atoms with Crippen molar-refractivity contribution in [1.82, 2.24) is 0 Å². The summed E-state index contributed by atoms with van der Waals surface area (Å²) in [4.78, 5) is 6.43. The van der Waals surface area contributed by atoms with Crippen molar-refractivity contribution >= 4 is 11.9 Å². The van der Waals surface area contributed by atoms with Gasteiger partial charge in [-0.25, -0.2) is 0 Å². The van der Waals surface area contributed by atoms with Crippen LogP contribution in [0.15, 0.2) is 53.7 Å². The summed E-state index contributed by atoms with van der Waals surface area (Å²) in [5.41, 5.74) is 3.35. The van der Waals surface area contributed by atoms with Crippen molar-refractivity contribution in [2.75, 3.05) is 4.90 Å². The zero-order chi connectivity index (χ0) is 10.1. The molecule has 74 valence electrons. The first-order valence-electron chi connectivity index (χ1n) is 4.84. The van der Waals surface area contributed by atoms with Gasteiger partial charge in [0.25, 0.3) is 0 Å². The number of aliphatic imine (C=N–C) groups is 1. The fraction of sp³-hybridized carbons (Fsp3) is 0.0833. The Balaban J connectivity index is 2.17. The highest BCUT2D eigenvalue weighted by atomic mass is 16.5. The van der Waals surface area contributed by atoms with E-state index in [1.165, 1.54) is 11.3 Å². The molecule has 2 aliphatic rings. The van der Waals surface area contributed by atoms with Crippen molar-refractivity contribution in [1.29, 1.82) is 0 Å². The van der Waals surface area contributed by atoms with Gasteiger partial charge >= 0.3 is 0 Å². The van der Waals surface area contributed by atoms with E-state index >= 15 is 0 Å². The number of allylic oxidation sites excluding steroid dienone is 1. The van der Waals surface area contributed by atoms with Crippen molar-refractivity contribution in [3.63, 3.8) is 0 Å². The summed E-state index contributed by atoms with van der Waals surface area (Å²) in [6.07, 6.45) is 7.11. The molecule has 0 radical (unpaired) electrons. The molecule has 0 N–H and O–H groups in total. The summed E-state index contributed by atoms with van der Waals surface area (Å²) < 4.78 is 5.13. The van der Waals surface area contributed by atoms with Crippen molar-refractivity contribution < 1.29 is 4.74 Å². The second-order valence-corrected chi connectivity index (χ2v) is 3.43. The zero-order valence-electron chi connectivity index (χ0n) is 8.13. The minimum Gasteiger partial charge on any atom is -0.469 e. The number of rotatable bonds is 0. The van der Waals surface area contributed by atoms with E-state index in [-0.39, 0.29) is 0 Å². The highest BCUT2D eigenvalue weighted by Gasteiger charge is 2.16. The minimum absolute atomic E-state index is 0.720. The molecule has 0 aromatic heterocycles. The fourth-order valence-electron chi connectivity index (χ4n) is 1.78. The van der Waals surface area contributed by atoms with Crippen molar-refractivity contribution in [3.05, 3.63) is 54.3 Å². The van der Waals surface area contributed by atoms with Crippen molar-refractivity contribution in [2.45, 2.75) is 6.54 Å². The van der Waals surface area contributed by atoms with Gasteiger partial charge in [0.1, 0.15) is 12.5 Å². The first kappa shape index (κ1) is 8.29. The molecular weight excluding hydrogens is 188 g/mol. The number of para-hydroxylation sites is 1. The molecule has 0 aliphatic carbocycles. The highest BCUT2D eigenvalue weighted by molar-refractivity contribution is 5.87. The first-order valence-corrected chi connectivity index (χ1v) is 4.84. The summed E-state index contributed by atoms with van der Waals surface area (Å²) in [5.74, 6) is 0. The van der Waals surface area contributed by atoms with Crippen LogP contribution in [0.25, 0.3) is 0 Å². The Bertz CT molecular complexity index is 474. The molecule has 3 heteroatoms. The van der Waals surface area contributed by atoms with Crippen molar-refractivity contribution in [3.8, 4) is 0 Å². The predicted molar refractivity (Wildman–Crippen MR) is 59.4 cm³/mol. The molecule has 1 aromatic carbocycles. The van der Waals surface area contributed by atoms with Crippen LogP contribution in [0.2, 0.25) is 0 Å². The highest BCUT2D eigenvalue weighted by Crippen LogP contribution is 2.28. The van der Waals surface area contributed by atoms with E-state index in [2.05, 4.69) is 22.0 Å². The van der Waals surface area contributed by atoms with Crippen LogP contribution in [0.3, 0.4) is 0 Å². The van der Waals surface area contributed by atoms with Crippen LogP contribution in [0.5, 0.6) is 0 Å². The lowest BCUT2D eigenvalue weighted by atomic mass is 10.1. The van der Waals surface area contributed by atoms with Crippen LogP contribution in [0.1, 0.15) is 5.56 Å². The Morgan fingerprint density at radius 2 is 2.20 bits per heavy atom. The number of hydrogen-bond donors (Lipinski definition) is 0. The number of benzene rings is 1. The number of anilines is 1. The molecule has 1 aromatic rings. The maximum absolute atomic E-state index is 5.13. The largest absolute Gasteiger partial charge is 0.469 e. The minimum atomic E-state index is 0.720. The maximum atomic E-state index is 5.13. The summed E-state index contributed by atoms with van der Waals surface area (Å²) in [5, 5.41) is 0. The molecule has 0 atom stereocenters. The molecule has 15 heavy (non-hydrogen) atoms. The normalized spacial score (nSPS) is 17.3. The van der Waals surface area contributed by atoms with Gasteiger partial charge < -0.3 is 9.64 Å². The van der Waals surface area contributed by atoms with Gasteiger partial charge in [-0.15, -0.1) is 0 Å². The second kappa shape index (κ2) is 3.28. The third kappa shape index (κ3) is 1.32. The summed E-state index contributed by atoms with van der Waals surface area (Å²) >= 11 is 0. The van der Waals surface area contributed by atoms with E-state index in [9.17, 15) is 0 Å². The van der Waals surface area contributed by atoms with Crippen LogP contribution in [0, 0.1) is 0 Å². The number of nitrogens with zero attached hydrogens (tertiary/aromatic N) is 2. The Morgan fingerprint density at radius 3 is 3.20 bits per heavy atom. The Hall–Kier alpha value is -2.03. The van der Waals surface area contributed by atoms with Gasteiger partial charge in [0.15, 0.2) is 0 Å². The molecule has 0 saturated carbocycles. The predicted octanol–water partition coefficient (Wildman–Crippen LogP) is 2.42. The smallest absolute Gasteiger partial charge is 0.116 e. The Labute approximate surface area is 88.0 Å². The Morgan fingerprint density at radius 1 is 1.27 bits per heavy atom. The third-order valence-corrected chi connectivity index (χ3v) is 2.49. The molecule has 0 bridgehead atoms. The molecule has 0 unspecified atom stereocenters. The van der Waals surface area contributed by atoms with Crippen LogP contribution in [0.4, 0.5) is 5.69 Å². The molecule has 2 heterocycles. The van der Waals surface area contributed by atoms with E-state index in [4.69, 9.17) is 4.74 Å². The summed E-state index contributed by atoms with van der Waals surface area (Å²) in [7, 11) is 0. The number of fused-ring (bicyclic) bond motifs is 3. The molecule has 2 aliphatic heterocycles. The van der Waals surface area contributed by atoms with E-state index in [0.29, 0.717) is 0 Å². The maximum Gasteiger partial charge on any atom is 0.116 e. The van der Waals surface area contributed by atoms with Gasteiger partial charge in [-0.3, -0.25) is 4.99 Å². The lowest BCUT2D eigenvalue weighted by Crippen LogP contribution is -2.18. The quantitative estimate of drug-likeness (QED) is 0.639. The van der Waals surface area contributed by atoms with Gasteiger partial charge in [-0.1, -0.05) is 18.2 Å². The van der Waals surface area contributed by atoms with E-state index in [0.717, 1.165) is 12.2 Å². The van der Waals surface area contributed by atoms with Crippen molar-refractivity contribution in [2.24, 2.45) is 4.99 Å². The fourth-order valence-corrected chi connectivity index (χ4v) is 1.78. The van der Waals surface area contributed by atoms with Gasteiger partial charge in [0.2, 0.25) is 0 Å². The van der Waals surface area contributed by atoms with E-state index in [1.54, 1.807) is 12.5 Å². The molecule has 0 saturated heterocycles. The second-order valence-electron chi connectivity index (χ2n) is 3.43. The van der Waals surface area contributed by atoms with Gasteiger partial charge in [-0.2, -0.15) is 0 Å². The van der Waals surface area contributed by atoms with Crippen LogP contribution in [-0.2, 0) is 11.3 Å². The van der Waals surface area contributed by atoms with Gasteiger partial charge in [-0.05, 0) is 11.6 Å². The van der Waals surface area contributed by atoms with E-state index < -0.39 is 0 Å². The zero-order valence-corrected chi connectivity index (χ0v) is 8.13. The number of ether oxygens (including phenoxy) is 1. The van der Waals surface area contributed by atoms with Gasteiger partial charge in [0.05, 0.1) is 17.9 Å². The van der Waals surface area contributed by atoms with Crippen LogP contribution in [-0.4, -0.2) is 6.21 Å². The first-order chi connectivity index (χ1) is 7.45. The molecule has 3 nitrogen and oxygen atoms in total. The average Bonchev–Trinajstić information content (AvgIpc) is 2.48. The molecule has 0 amide bonds. The lowest BCUT2D eigenvalue weighted by molar-refractivity contribution is 0.391. The van der Waals surface area contributed by atoms with Gasteiger partial charge in [0, 0.05) is 12.4 Å². The number of hydrogen-bond acceptors (Lipinski definition) is 3. The van der Waals surface area contributed by atoms with Crippen LogP contribution >= 0.6 is 0 Å². The summed E-state index contributed by atoms with van der Waals surface area (Å²) in [6.45, 7) is 0.720. The standard InChI is InChI=1S/C12H10N2O/c1-2-4-12-10(3-1)7-13-8-11-9-15-6-5-14(11)12/h1-6,8-9H,7H2. The lowest BCUT2D eigenvalue weighted by Gasteiger charge is -2.23. The molecule has 3 rings (SSSR count). The molecular formula is C12H10N2O. The average molecular weight is 198 g/mol. The SMILES string of the molecule is C1=CN2C(=CO1)C=NCc1ccccc12. The van der Waals surface area contributed by atoms with Crippen LogP contribution < -0.4 is 4.90 Å².